The highest BCUT2D eigenvalue weighted by Gasteiger charge is 2.29. The molecule has 2 heterocycles. The number of para-hydroxylation sites is 1. The quantitative estimate of drug-likeness (QED) is 0.660. The molecule has 0 radical (unpaired) electrons. The molecule has 1 fully saturated rings. The van der Waals surface area contributed by atoms with Gasteiger partial charge in [-0.15, -0.1) is 11.8 Å². The number of carbonyl (C=O) groups excluding carboxylic acids is 2. The fourth-order valence-corrected chi connectivity index (χ4v) is 4.63. The molecule has 0 spiro atoms. The second-order valence-electron chi connectivity index (χ2n) is 7.33. The molecule has 0 aromatic heterocycles. The van der Waals surface area contributed by atoms with Crippen molar-refractivity contribution in [3.05, 3.63) is 48.0 Å². The lowest BCUT2D eigenvalue weighted by Crippen LogP contribution is -2.33. The molecule has 4 rings (SSSR count). The van der Waals surface area contributed by atoms with Crippen molar-refractivity contribution < 1.29 is 19.1 Å². The van der Waals surface area contributed by atoms with Gasteiger partial charge >= 0.3 is 0 Å². The zero-order valence-electron chi connectivity index (χ0n) is 16.6. The summed E-state index contributed by atoms with van der Waals surface area (Å²) in [6, 6.07) is 13.7. The SMILES string of the molecule is NC(=O)CSc1ccccc1NC(=O)CN1CCC[C@H]1c1ccc2c(c1)OCCO2. The largest absolute Gasteiger partial charge is 0.486 e. The minimum Gasteiger partial charge on any atom is -0.486 e. The predicted molar refractivity (Wildman–Crippen MR) is 116 cm³/mol. The number of rotatable bonds is 7. The summed E-state index contributed by atoms with van der Waals surface area (Å²) in [5, 5.41) is 2.98. The third kappa shape index (κ3) is 4.88. The molecule has 30 heavy (non-hydrogen) atoms. The van der Waals surface area contributed by atoms with E-state index in [9.17, 15) is 9.59 Å². The summed E-state index contributed by atoms with van der Waals surface area (Å²) in [6.45, 7) is 2.29. The van der Waals surface area contributed by atoms with Crippen LogP contribution in [0.2, 0.25) is 0 Å². The summed E-state index contributed by atoms with van der Waals surface area (Å²) in [5.74, 6) is 1.26. The summed E-state index contributed by atoms with van der Waals surface area (Å²) in [6.07, 6.45) is 2.04. The van der Waals surface area contributed by atoms with E-state index in [0.717, 1.165) is 41.3 Å². The van der Waals surface area contributed by atoms with Crippen LogP contribution >= 0.6 is 11.8 Å². The van der Waals surface area contributed by atoms with Crippen LogP contribution in [0.5, 0.6) is 11.5 Å². The van der Waals surface area contributed by atoms with Crippen molar-refractivity contribution in [3.8, 4) is 11.5 Å². The number of likely N-dealkylation sites (tertiary alicyclic amines) is 1. The number of fused-ring (bicyclic) bond motifs is 1. The Labute approximate surface area is 179 Å². The third-order valence-corrected chi connectivity index (χ3v) is 6.29. The minimum absolute atomic E-state index is 0.0773. The second-order valence-corrected chi connectivity index (χ2v) is 8.35. The third-order valence-electron chi connectivity index (χ3n) is 5.19. The van der Waals surface area contributed by atoms with Crippen LogP contribution in [-0.2, 0) is 9.59 Å². The first-order chi connectivity index (χ1) is 14.6. The molecule has 0 aliphatic carbocycles. The number of thioether (sulfide) groups is 1. The number of benzene rings is 2. The Bertz CT molecular complexity index is 936. The van der Waals surface area contributed by atoms with Crippen molar-refractivity contribution >= 4 is 29.3 Å². The lowest BCUT2D eigenvalue weighted by Gasteiger charge is -2.26. The molecule has 1 saturated heterocycles. The minimum atomic E-state index is -0.388. The molecule has 2 aliphatic heterocycles. The molecule has 0 bridgehead atoms. The molecule has 1 atom stereocenters. The lowest BCUT2D eigenvalue weighted by molar-refractivity contribution is -0.117. The Morgan fingerprint density at radius 2 is 1.93 bits per heavy atom. The van der Waals surface area contributed by atoms with Crippen LogP contribution in [0.25, 0.3) is 0 Å². The monoisotopic (exact) mass is 427 g/mol. The summed E-state index contributed by atoms with van der Waals surface area (Å²) in [5.41, 5.74) is 7.08. The maximum atomic E-state index is 12.8. The second kappa shape index (κ2) is 9.40. The molecule has 0 unspecified atom stereocenters. The smallest absolute Gasteiger partial charge is 0.238 e. The van der Waals surface area contributed by atoms with Gasteiger partial charge in [0.25, 0.3) is 0 Å². The van der Waals surface area contributed by atoms with Gasteiger partial charge in [0.2, 0.25) is 11.8 Å². The van der Waals surface area contributed by atoms with Crippen LogP contribution < -0.4 is 20.5 Å². The van der Waals surface area contributed by atoms with Crippen molar-refractivity contribution in [2.75, 3.05) is 37.4 Å². The van der Waals surface area contributed by atoms with E-state index in [2.05, 4.69) is 16.3 Å². The molecule has 0 saturated carbocycles. The van der Waals surface area contributed by atoms with Gasteiger partial charge in [-0.1, -0.05) is 18.2 Å². The molecule has 158 valence electrons. The highest BCUT2D eigenvalue weighted by Crippen LogP contribution is 2.38. The fraction of sp³-hybridized carbons (Fsp3) is 0.364. The average molecular weight is 428 g/mol. The number of hydrogen-bond donors (Lipinski definition) is 2. The number of carbonyl (C=O) groups is 2. The predicted octanol–water partition coefficient (Wildman–Crippen LogP) is 2.81. The van der Waals surface area contributed by atoms with Gasteiger partial charge in [0.05, 0.1) is 18.0 Å². The van der Waals surface area contributed by atoms with Crippen molar-refractivity contribution in [3.63, 3.8) is 0 Å². The van der Waals surface area contributed by atoms with E-state index in [4.69, 9.17) is 15.2 Å². The summed E-state index contributed by atoms with van der Waals surface area (Å²) >= 11 is 1.32. The van der Waals surface area contributed by atoms with E-state index in [1.807, 2.05) is 36.4 Å². The molecule has 8 heteroatoms. The van der Waals surface area contributed by atoms with Crippen LogP contribution in [0.4, 0.5) is 5.69 Å². The summed E-state index contributed by atoms with van der Waals surface area (Å²) in [4.78, 5) is 26.9. The maximum Gasteiger partial charge on any atom is 0.238 e. The van der Waals surface area contributed by atoms with Crippen LogP contribution in [-0.4, -0.2) is 48.8 Å². The van der Waals surface area contributed by atoms with E-state index < -0.39 is 0 Å². The molecule has 3 N–H and O–H groups in total. The van der Waals surface area contributed by atoms with Crippen molar-refractivity contribution in [2.24, 2.45) is 5.73 Å². The van der Waals surface area contributed by atoms with Gasteiger partial charge in [0.15, 0.2) is 11.5 Å². The maximum absolute atomic E-state index is 12.8. The van der Waals surface area contributed by atoms with Gasteiger partial charge in [-0.3, -0.25) is 14.5 Å². The zero-order valence-corrected chi connectivity index (χ0v) is 17.5. The van der Waals surface area contributed by atoms with E-state index in [-0.39, 0.29) is 23.6 Å². The molecule has 7 nitrogen and oxygen atoms in total. The molecule has 2 amide bonds. The van der Waals surface area contributed by atoms with E-state index in [0.29, 0.717) is 25.4 Å². The Kier molecular flexibility index (Phi) is 6.44. The van der Waals surface area contributed by atoms with Crippen LogP contribution in [0.3, 0.4) is 0 Å². The van der Waals surface area contributed by atoms with Crippen LogP contribution in [0.1, 0.15) is 24.4 Å². The van der Waals surface area contributed by atoms with Gasteiger partial charge in [-0.05, 0) is 49.2 Å². The molecular formula is C22H25N3O4S. The number of nitrogens with zero attached hydrogens (tertiary/aromatic N) is 1. The van der Waals surface area contributed by atoms with E-state index in [1.165, 1.54) is 11.8 Å². The zero-order chi connectivity index (χ0) is 20.9. The number of nitrogens with two attached hydrogens (primary N) is 1. The summed E-state index contributed by atoms with van der Waals surface area (Å²) in [7, 11) is 0. The van der Waals surface area contributed by atoms with Crippen LogP contribution in [0.15, 0.2) is 47.4 Å². The fourth-order valence-electron chi connectivity index (χ4n) is 3.88. The number of ether oxygens (including phenoxy) is 2. The first-order valence-electron chi connectivity index (χ1n) is 10.0. The number of anilines is 1. The Hall–Kier alpha value is -2.71. The van der Waals surface area contributed by atoms with Crippen molar-refractivity contribution in [2.45, 2.75) is 23.8 Å². The Morgan fingerprint density at radius 3 is 2.77 bits per heavy atom. The number of primary amides is 1. The van der Waals surface area contributed by atoms with Crippen LogP contribution in [0, 0.1) is 0 Å². The normalized spacial score (nSPS) is 18.2. The number of nitrogens with one attached hydrogen (secondary N) is 1. The lowest BCUT2D eigenvalue weighted by atomic mass is 10.0. The Balaban J connectivity index is 1.41. The van der Waals surface area contributed by atoms with Gasteiger partial charge < -0.3 is 20.5 Å². The Morgan fingerprint density at radius 1 is 1.13 bits per heavy atom. The summed E-state index contributed by atoms with van der Waals surface area (Å²) < 4.78 is 11.3. The molecule has 2 aromatic carbocycles. The van der Waals surface area contributed by atoms with Gasteiger partial charge in [0, 0.05) is 10.9 Å². The van der Waals surface area contributed by atoms with Crippen molar-refractivity contribution in [1.29, 1.82) is 0 Å². The molecule has 2 aromatic rings. The molecule has 2 aliphatic rings. The van der Waals surface area contributed by atoms with Gasteiger partial charge in [-0.25, -0.2) is 0 Å². The van der Waals surface area contributed by atoms with E-state index >= 15 is 0 Å². The standard InChI is InChI=1S/C22H25N3O4S/c23-21(26)14-30-20-6-2-1-4-16(20)24-22(27)13-25-9-3-5-17(25)15-7-8-18-19(12-15)29-11-10-28-18/h1-2,4,6-8,12,17H,3,5,9-11,13-14H2,(H2,23,26)(H,24,27)/t17-/m0/s1. The van der Waals surface area contributed by atoms with Gasteiger partial charge in [-0.2, -0.15) is 0 Å². The first-order valence-corrected chi connectivity index (χ1v) is 11.0. The van der Waals surface area contributed by atoms with Gasteiger partial charge in [0.1, 0.15) is 13.2 Å². The first kappa shape index (κ1) is 20.6. The number of hydrogen-bond acceptors (Lipinski definition) is 6. The van der Waals surface area contributed by atoms with E-state index in [1.54, 1.807) is 0 Å². The number of amides is 2. The average Bonchev–Trinajstić information content (AvgIpc) is 3.20. The highest BCUT2D eigenvalue weighted by atomic mass is 32.2. The highest BCUT2D eigenvalue weighted by molar-refractivity contribution is 8.00. The topological polar surface area (TPSA) is 93.9 Å². The molecular weight excluding hydrogens is 402 g/mol. The van der Waals surface area contributed by atoms with Crippen molar-refractivity contribution in [1.82, 2.24) is 4.90 Å².